The van der Waals surface area contributed by atoms with E-state index in [1.165, 1.54) is 32.7 Å². The molecule has 12 nitrogen and oxygen atoms in total. The van der Waals surface area contributed by atoms with E-state index >= 15 is 0 Å². The number of halogens is 1. The van der Waals surface area contributed by atoms with Gasteiger partial charge in [0.25, 0.3) is 0 Å². The smallest absolute Gasteiger partial charge is 0.240 e. The number of nitrogens with one attached hydrogen (secondary N) is 1. The number of rotatable bonds is 9. The maximum atomic E-state index is 13.3. The second-order valence-corrected chi connectivity index (χ2v) is 10.2. The average molecular weight is 498 g/mol. The number of sulfonamides is 1. The van der Waals surface area contributed by atoms with E-state index in [0.29, 0.717) is 16.5 Å². The molecule has 0 aliphatic carbocycles. The van der Waals surface area contributed by atoms with Crippen molar-refractivity contribution in [1.82, 2.24) is 29.9 Å². The molecule has 1 aliphatic heterocycles. The van der Waals surface area contributed by atoms with Gasteiger partial charge in [0.15, 0.2) is 11.6 Å². The summed E-state index contributed by atoms with van der Waals surface area (Å²) in [5.74, 6) is 0.741. The molecule has 178 valence electrons. The second-order valence-electron chi connectivity index (χ2n) is 7.74. The number of hydrogen-bond donors (Lipinski definition) is 1. The van der Waals surface area contributed by atoms with Gasteiger partial charge in [-0.25, -0.2) is 18.4 Å². The molecule has 0 bridgehead atoms. The summed E-state index contributed by atoms with van der Waals surface area (Å²) < 4.78 is 46.9. The summed E-state index contributed by atoms with van der Waals surface area (Å²) in [5, 5.41) is 11.5. The molecule has 33 heavy (non-hydrogen) atoms. The monoisotopic (exact) mass is 497 g/mol. The molecule has 0 saturated carbocycles. The Morgan fingerprint density at radius 3 is 2.67 bits per heavy atom. The van der Waals surface area contributed by atoms with Gasteiger partial charge in [-0.05, 0) is 26.7 Å². The SMILES string of the molecule is COC(c1ncc(Cl)cn1)C(C)S(=O)(=O)Nc1nnc([C@H]2CC[C@@H](C)O2)n1Cc1ccon1. The van der Waals surface area contributed by atoms with E-state index in [-0.39, 0.29) is 30.5 Å². The van der Waals surface area contributed by atoms with Crippen LogP contribution < -0.4 is 4.72 Å². The lowest BCUT2D eigenvalue weighted by Crippen LogP contribution is -2.33. The first-order valence-corrected chi connectivity index (χ1v) is 12.2. The molecule has 0 radical (unpaired) electrons. The Bertz CT molecular complexity index is 1170. The second kappa shape index (κ2) is 9.71. The number of hydrogen-bond acceptors (Lipinski definition) is 10. The summed E-state index contributed by atoms with van der Waals surface area (Å²) in [6, 6.07) is 1.68. The van der Waals surface area contributed by atoms with Crippen molar-refractivity contribution < 1.29 is 22.4 Å². The lowest BCUT2D eigenvalue weighted by Gasteiger charge is -2.22. The fourth-order valence-electron chi connectivity index (χ4n) is 3.62. The molecule has 2 unspecified atom stereocenters. The molecule has 1 fully saturated rings. The van der Waals surface area contributed by atoms with E-state index in [0.717, 1.165) is 12.8 Å². The normalized spacial score (nSPS) is 20.6. The van der Waals surface area contributed by atoms with Crippen molar-refractivity contribution >= 4 is 27.6 Å². The third-order valence-corrected chi connectivity index (χ3v) is 7.30. The zero-order chi connectivity index (χ0) is 23.6. The molecule has 4 heterocycles. The highest BCUT2D eigenvalue weighted by molar-refractivity contribution is 7.93. The van der Waals surface area contributed by atoms with Gasteiger partial charge in [0.2, 0.25) is 16.0 Å². The van der Waals surface area contributed by atoms with Crippen LogP contribution >= 0.6 is 11.6 Å². The highest BCUT2D eigenvalue weighted by Crippen LogP contribution is 2.33. The summed E-state index contributed by atoms with van der Waals surface area (Å²) in [6.07, 6.45) is 4.66. The Morgan fingerprint density at radius 2 is 2.06 bits per heavy atom. The van der Waals surface area contributed by atoms with E-state index < -0.39 is 21.4 Å². The van der Waals surface area contributed by atoms with Crippen LogP contribution in [0.3, 0.4) is 0 Å². The molecule has 0 amide bonds. The Balaban J connectivity index is 1.62. The van der Waals surface area contributed by atoms with Gasteiger partial charge in [0.1, 0.15) is 29.4 Å². The number of ether oxygens (including phenoxy) is 2. The van der Waals surface area contributed by atoms with E-state index in [4.69, 9.17) is 25.6 Å². The van der Waals surface area contributed by atoms with E-state index in [1.54, 1.807) is 10.6 Å². The van der Waals surface area contributed by atoms with Crippen molar-refractivity contribution in [3.63, 3.8) is 0 Å². The lowest BCUT2D eigenvalue weighted by molar-refractivity contribution is 0.0482. The van der Waals surface area contributed by atoms with Gasteiger partial charge >= 0.3 is 0 Å². The molecular formula is C19H24ClN7O5S. The standard InChI is InChI=1S/C19H24ClN7O5S/c1-11-4-5-15(32-11)18-23-24-19(27(18)10-14-6-7-31-25-14)26-33(28,29)12(2)16(30-3)17-21-8-13(20)9-22-17/h6-9,11-12,15-16H,4-5,10H2,1-3H3,(H,24,26)/t11-,12?,15-,16?/m1/s1. The molecular weight excluding hydrogens is 474 g/mol. The molecule has 1 saturated heterocycles. The number of aromatic nitrogens is 6. The molecule has 4 atom stereocenters. The van der Waals surface area contributed by atoms with Crippen LogP contribution in [0.5, 0.6) is 0 Å². The third kappa shape index (κ3) is 5.16. The van der Waals surface area contributed by atoms with Gasteiger partial charge in [-0.15, -0.1) is 10.2 Å². The Hall–Kier alpha value is -2.61. The van der Waals surface area contributed by atoms with Crippen LogP contribution in [0, 0.1) is 0 Å². The molecule has 3 aromatic rings. The topological polar surface area (TPSA) is 147 Å². The number of methoxy groups -OCH3 is 1. The van der Waals surface area contributed by atoms with Crippen molar-refractivity contribution in [2.24, 2.45) is 0 Å². The Morgan fingerprint density at radius 1 is 1.30 bits per heavy atom. The number of nitrogens with zero attached hydrogens (tertiary/aromatic N) is 6. The first-order valence-electron chi connectivity index (χ1n) is 10.3. The van der Waals surface area contributed by atoms with Crippen molar-refractivity contribution in [1.29, 1.82) is 0 Å². The van der Waals surface area contributed by atoms with Crippen molar-refractivity contribution in [3.8, 4) is 0 Å². The van der Waals surface area contributed by atoms with E-state index in [1.807, 2.05) is 6.92 Å². The van der Waals surface area contributed by atoms with Crippen LogP contribution in [0.15, 0.2) is 29.2 Å². The van der Waals surface area contributed by atoms with Crippen LogP contribution in [-0.4, -0.2) is 56.8 Å². The van der Waals surface area contributed by atoms with Crippen LogP contribution in [0.4, 0.5) is 5.95 Å². The summed E-state index contributed by atoms with van der Waals surface area (Å²) in [5.41, 5.74) is 0.583. The van der Waals surface area contributed by atoms with Crippen molar-refractivity contribution in [3.05, 3.63) is 47.1 Å². The zero-order valence-corrected chi connectivity index (χ0v) is 19.8. The predicted octanol–water partition coefficient (Wildman–Crippen LogP) is 2.52. The largest absolute Gasteiger partial charge is 0.372 e. The van der Waals surface area contributed by atoms with Gasteiger partial charge in [-0.3, -0.25) is 9.29 Å². The zero-order valence-electron chi connectivity index (χ0n) is 18.3. The van der Waals surface area contributed by atoms with Gasteiger partial charge in [-0.2, -0.15) is 0 Å². The van der Waals surface area contributed by atoms with Crippen LogP contribution in [0.1, 0.15) is 56.2 Å². The molecule has 3 aromatic heterocycles. The Labute approximate surface area is 195 Å². The maximum absolute atomic E-state index is 13.3. The lowest BCUT2D eigenvalue weighted by atomic mass is 10.2. The van der Waals surface area contributed by atoms with Gasteiger partial charge in [0, 0.05) is 25.6 Å². The molecule has 1 aliphatic rings. The first kappa shape index (κ1) is 23.5. The highest BCUT2D eigenvalue weighted by Gasteiger charge is 2.35. The molecule has 14 heteroatoms. The minimum absolute atomic E-state index is 0.0369. The van der Waals surface area contributed by atoms with Crippen molar-refractivity contribution in [2.45, 2.75) is 56.8 Å². The summed E-state index contributed by atoms with van der Waals surface area (Å²) in [7, 11) is -2.61. The predicted molar refractivity (Wildman–Crippen MR) is 117 cm³/mol. The van der Waals surface area contributed by atoms with Gasteiger partial charge < -0.3 is 14.0 Å². The minimum Gasteiger partial charge on any atom is -0.372 e. The maximum Gasteiger partial charge on any atom is 0.240 e. The third-order valence-electron chi connectivity index (χ3n) is 5.41. The van der Waals surface area contributed by atoms with Gasteiger partial charge in [-0.1, -0.05) is 16.8 Å². The quantitative estimate of drug-likeness (QED) is 0.467. The Kier molecular flexibility index (Phi) is 6.93. The summed E-state index contributed by atoms with van der Waals surface area (Å²) >= 11 is 5.84. The van der Waals surface area contributed by atoms with Crippen LogP contribution in [-0.2, 0) is 26.0 Å². The van der Waals surface area contributed by atoms with E-state index in [2.05, 4.69) is 30.0 Å². The molecule has 4 rings (SSSR count). The molecule has 0 spiro atoms. The molecule has 0 aromatic carbocycles. The summed E-state index contributed by atoms with van der Waals surface area (Å²) in [4.78, 5) is 8.19. The fraction of sp³-hybridized carbons (Fsp3) is 0.526. The molecule has 1 N–H and O–H groups in total. The van der Waals surface area contributed by atoms with Crippen LogP contribution in [0.25, 0.3) is 0 Å². The number of anilines is 1. The van der Waals surface area contributed by atoms with Crippen LogP contribution in [0.2, 0.25) is 5.02 Å². The summed E-state index contributed by atoms with van der Waals surface area (Å²) in [6.45, 7) is 3.68. The van der Waals surface area contributed by atoms with Crippen molar-refractivity contribution in [2.75, 3.05) is 11.8 Å². The first-order chi connectivity index (χ1) is 15.8. The minimum atomic E-state index is -4.00. The van der Waals surface area contributed by atoms with E-state index in [9.17, 15) is 8.42 Å². The average Bonchev–Trinajstić information content (AvgIpc) is 3.53. The fourth-order valence-corrected chi connectivity index (χ4v) is 4.86. The van der Waals surface area contributed by atoms with Gasteiger partial charge in [0.05, 0.1) is 17.7 Å². The highest BCUT2D eigenvalue weighted by atomic mass is 35.5.